The molecule has 0 aliphatic rings. The van der Waals surface area contributed by atoms with Gasteiger partial charge in [-0.05, 0) is 0 Å². The van der Waals surface area contributed by atoms with E-state index < -0.39 is 0 Å². The van der Waals surface area contributed by atoms with Crippen LogP contribution in [0.5, 0.6) is 0 Å². The second-order valence-corrected chi connectivity index (χ2v) is 3.11. The van der Waals surface area contributed by atoms with E-state index in [0.717, 1.165) is 9.66 Å². The van der Waals surface area contributed by atoms with Crippen LogP contribution in [0.25, 0.3) is 0 Å². The van der Waals surface area contributed by atoms with E-state index >= 15 is 0 Å². The first-order valence-electron chi connectivity index (χ1n) is 2.78. The van der Waals surface area contributed by atoms with E-state index in [4.69, 9.17) is 0 Å². The van der Waals surface area contributed by atoms with Gasteiger partial charge in [-0.1, -0.05) is 13.8 Å². The summed E-state index contributed by atoms with van der Waals surface area (Å²) in [4.78, 5) is 4.13. The lowest BCUT2D eigenvalue weighted by Gasteiger charge is -1.93. The van der Waals surface area contributed by atoms with Gasteiger partial charge in [0.2, 0.25) is 3.83 Å². The maximum Gasteiger partial charge on any atom is 0.211 e. The summed E-state index contributed by atoms with van der Waals surface area (Å²) in [7, 11) is 0. The zero-order chi connectivity index (χ0) is 6.85. The highest BCUT2D eigenvalue weighted by molar-refractivity contribution is 14.1. The summed E-state index contributed by atoms with van der Waals surface area (Å²) in [5.41, 5.74) is 0. The smallest absolute Gasteiger partial charge is 0.211 e. The van der Waals surface area contributed by atoms with Gasteiger partial charge < -0.3 is 0 Å². The number of rotatable bonds is 1. The fourth-order valence-corrected chi connectivity index (χ4v) is 0.891. The fraction of sp³-hybridized carbons (Fsp3) is 0.600. The molecule has 1 N–H and O–H groups in total. The van der Waals surface area contributed by atoms with Crippen molar-refractivity contribution >= 4 is 22.6 Å². The van der Waals surface area contributed by atoms with Crippen molar-refractivity contribution in [2.45, 2.75) is 19.8 Å². The maximum atomic E-state index is 4.13. The van der Waals surface area contributed by atoms with Crippen molar-refractivity contribution in [2.75, 3.05) is 0 Å². The zero-order valence-corrected chi connectivity index (χ0v) is 7.51. The van der Waals surface area contributed by atoms with Crippen LogP contribution in [0.2, 0.25) is 0 Å². The molecule has 0 saturated heterocycles. The Morgan fingerprint density at radius 3 is 2.44 bits per heavy atom. The standard InChI is InChI=1S/C5H8IN3/c1-3(2)4-7-5(6)9-8-4/h3H,1-2H3,(H,7,8,9). The summed E-state index contributed by atoms with van der Waals surface area (Å²) in [6, 6.07) is 0. The highest BCUT2D eigenvalue weighted by Gasteiger charge is 2.02. The molecule has 1 aromatic heterocycles. The number of aromatic amines is 1. The summed E-state index contributed by atoms with van der Waals surface area (Å²) in [6.45, 7) is 4.16. The lowest BCUT2D eigenvalue weighted by molar-refractivity contribution is 0.781. The third-order valence-electron chi connectivity index (χ3n) is 1.02. The van der Waals surface area contributed by atoms with E-state index in [1.807, 2.05) is 0 Å². The highest BCUT2D eigenvalue weighted by Crippen LogP contribution is 2.07. The van der Waals surface area contributed by atoms with Gasteiger partial charge in [-0.2, -0.15) is 0 Å². The molecule has 0 saturated carbocycles. The summed E-state index contributed by atoms with van der Waals surface area (Å²) in [5, 5.41) is 6.72. The number of nitrogens with one attached hydrogen (secondary N) is 1. The minimum absolute atomic E-state index is 0.445. The molecule has 0 aliphatic carbocycles. The Morgan fingerprint density at radius 2 is 2.22 bits per heavy atom. The minimum atomic E-state index is 0.445. The molecule has 0 spiro atoms. The first-order chi connectivity index (χ1) is 4.20. The second kappa shape index (κ2) is 2.64. The zero-order valence-electron chi connectivity index (χ0n) is 5.35. The predicted octanol–water partition coefficient (Wildman–Crippen LogP) is 1.53. The summed E-state index contributed by atoms with van der Waals surface area (Å²) < 4.78 is 0.788. The van der Waals surface area contributed by atoms with E-state index in [0.29, 0.717) is 5.92 Å². The maximum absolute atomic E-state index is 4.13. The van der Waals surface area contributed by atoms with Crippen molar-refractivity contribution in [3.05, 3.63) is 9.66 Å². The summed E-state index contributed by atoms with van der Waals surface area (Å²) in [6.07, 6.45) is 0. The molecule has 0 unspecified atom stereocenters. The Kier molecular flexibility index (Phi) is 2.05. The molecule has 0 radical (unpaired) electrons. The monoisotopic (exact) mass is 237 g/mol. The van der Waals surface area contributed by atoms with E-state index in [1.54, 1.807) is 0 Å². The molecule has 4 heteroatoms. The van der Waals surface area contributed by atoms with Gasteiger partial charge >= 0.3 is 0 Å². The molecule has 9 heavy (non-hydrogen) atoms. The van der Waals surface area contributed by atoms with Crippen LogP contribution in [0.4, 0.5) is 0 Å². The SMILES string of the molecule is CC(C)c1nc(I)n[nH]1. The van der Waals surface area contributed by atoms with Gasteiger partial charge in [0.05, 0.1) is 0 Å². The molecule has 0 atom stereocenters. The van der Waals surface area contributed by atoms with Gasteiger partial charge in [-0.3, -0.25) is 5.10 Å². The Hall–Kier alpha value is -0.130. The van der Waals surface area contributed by atoms with Gasteiger partial charge in [0, 0.05) is 28.5 Å². The van der Waals surface area contributed by atoms with Crippen LogP contribution in [0.15, 0.2) is 0 Å². The molecule has 0 aliphatic heterocycles. The molecular formula is C5H8IN3. The van der Waals surface area contributed by atoms with Crippen molar-refractivity contribution in [3.63, 3.8) is 0 Å². The number of H-pyrrole nitrogens is 1. The van der Waals surface area contributed by atoms with Gasteiger partial charge in [0.25, 0.3) is 0 Å². The lowest BCUT2D eigenvalue weighted by Crippen LogP contribution is -1.89. The van der Waals surface area contributed by atoms with Crippen LogP contribution in [0.1, 0.15) is 25.6 Å². The third-order valence-corrected chi connectivity index (χ3v) is 1.50. The normalized spacial score (nSPS) is 10.7. The Balaban J connectivity index is 2.85. The molecular weight excluding hydrogens is 229 g/mol. The van der Waals surface area contributed by atoms with Crippen LogP contribution in [-0.2, 0) is 0 Å². The number of nitrogens with zero attached hydrogens (tertiary/aromatic N) is 2. The Labute approximate surface area is 67.4 Å². The molecule has 0 fully saturated rings. The van der Waals surface area contributed by atoms with E-state index in [-0.39, 0.29) is 0 Å². The number of halogens is 1. The average molecular weight is 237 g/mol. The molecule has 1 heterocycles. The van der Waals surface area contributed by atoms with Crippen LogP contribution in [0, 0.1) is 3.83 Å². The van der Waals surface area contributed by atoms with Crippen molar-refractivity contribution in [2.24, 2.45) is 0 Å². The van der Waals surface area contributed by atoms with E-state index in [2.05, 4.69) is 51.6 Å². The Morgan fingerprint density at radius 1 is 1.56 bits per heavy atom. The van der Waals surface area contributed by atoms with Gasteiger partial charge in [-0.25, -0.2) is 4.98 Å². The molecule has 0 aromatic carbocycles. The van der Waals surface area contributed by atoms with Gasteiger partial charge in [-0.15, -0.1) is 5.10 Å². The first-order valence-corrected chi connectivity index (χ1v) is 3.86. The second-order valence-electron chi connectivity index (χ2n) is 2.14. The van der Waals surface area contributed by atoms with Crippen LogP contribution in [-0.4, -0.2) is 15.2 Å². The molecule has 0 bridgehead atoms. The summed E-state index contributed by atoms with van der Waals surface area (Å²) in [5.74, 6) is 1.40. The van der Waals surface area contributed by atoms with Crippen LogP contribution >= 0.6 is 22.6 Å². The van der Waals surface area contributed by atoms with Gasteiger partial charge in [0.15, 0.2) is 0 Å². The average Bonchev–Trinajstić information content (AvgIpc) is 2.14. The predicted molar refractivity (Wildman–Crippen MR) is 43.2 cm³/mol. The molecule has 0 amide bonds. The lowest BCUT2D eigenvalue weighted by atomic mass is 10.2. The van der Waals surface area contributed by atoms with E-state index in [1.165, 1.54) is 0 Å². The topological polar surface area (TPSA) is 41.6 Å². The molecule has 3 nitrogen and oxygen atoms in total. The van der Waals surface area contributed by atoms with Crippen LogP contribution in [0.3, 0.4) is 0 Å². The minimum Gasteiger partial charge on any atom is -0.262 e. The first kappa shape index (κ1) is 6.98. The Bertz CT molecular complexity index is 194. The number of hydrogen-bond donors (Lipinski definition) is 1. The van der Waals surface area contributed by atoms with Crippen molar-refractivity contribution in [3.8, 4) is 0 Å². The molecule has 50 valence electrons. The largest absolute Gasteiger partial charge is 0.262 e. The van der Waals surface area contributed by atoms with Crippen LogP contribution < -0.4 is 0 Å². The van der Waals surface area contributed by atoms with Crippen molar-refractivity contribution in [1.29, 1.82) is 0 Å². The van der Waals surface area contributed by atoms with Crippen molar-refractivity contribution in [1.82, 2.24) is 15.2 Å². The summed E-state index contributed by atoms with van der Waals surface area (Å²) >= 11 is 2.08. The van der Waals surface area contributed by atoms with E-state index in [9.17, 15) is 0 Å². The molecule has 1 rings (SSSR count). The van der Waals surface area contributed by atoms with Gasteiger partial charge in [0.1, 0.15) is 5.82 Å². The fourth-order valence-electron chi connectivity index (χ4n) is 0.511. The quantitative estimate of drug-likeness (QED) is 0.752. The molecule has 1 aromatic rings. The number of hydrogen-bond acceptors (Lipinski definition) is 2. The van der Waals surface area contributed by atoms with Crippen molar-refractivity contribution < 1.29 is 0 Å². The third kappa shape index (κ3) is 1.64. The highest BCUT2D eigenvalue weighted by atomic mass is 127. The number of aromatic nitrogens is 3.